The van der Waals surface area contributed by atoms with Crippen LogP contribution < -0.4 is 5.32 Å². The average Bonchev–Trinajstić information content (AvgIpc) is 2.08. The van der Waals surface area contributed by atoms with Crippen molar-refractivity contribution in [3.8, 4) is 0 Å². The van der Waals surface area contributed by atoms with Crippen molar-refractivity contribution in [2.75, 3.05) is 23.9 Å². The van der Waals surface area contributed by atoms with Crippen molar-refractivity contribution in [1.82, 2.24) is 0 Å². The molecule has 1 aromatic rings. The Hall–Kier alpha value is -0.350. The topological polar surface area (TPSA) is 29.1 Å². The van der Waals surface area contributed by atoms with Crippen LogP contribution >= 0.6 is 15.9 Å². The molecule has 0 saturated heterocycles. The summed E-state index contributed by atoms with van der Waals surface area (Å²) in [6.45, 7) is 0.755. The normalized spacial score (nSPS) is 12.5. The maximum absolute atomic E-state index is 10.8. The number of rotatable bonds is 4. The van der Waals surface area contributed by atoms with E-state index in [1.807, 2.05) is 24.3 Å². The molecule has 1 atom stereocenters. The monoisotopic (exact) mass is 261 g/mol. The molecule has 0 amide bonds. The van der Waals surface area contributed by atoms with Gasteiger partial charge in [-0.25, -0.2) is 0 Å². The lowest BCUT2D eigenvalue weighted by molar-refractivity contribution is 0.687. The molecule has 2 nitrogen and oxygen atoms in total. The van der Waals surface area contributed by atoms with Crippen LogP contribution in [0.4, 0.5) is 5.69 Å². The van der Waals surface area contributed by atoms with Gasteiger partial charge in [0.1, 0.15) is 0 Å². The van der Waals surface area contributed by atoms with E-state index in [1.165, 1.54) is 0 Å². The zero-order valence-electron chi connectivity index (χ0n) is 7.42. The fourth-order valence-corrected chi connectivity index (χ4v) is 1.56. The van der Waals surface area contributed by atoms with Crippen molar-refractivity contribution in [3.05, 3.63) is 28.7 Å². The molecule has 0 aromatic heterocycles. The molecule has 1 rings (SSSR count). The predicted molar refractivity (Wildman–Crippen MR) is 61.6 cm³/mol. The first-order valence-electron chi connectivity index (χ1n) is 3.98. The first-order chi connectivity index (χ1) is 6.18. The van der Waals surface area contributed by atoms with Crippen LogP contribution in [0.2, 0.25) is 0 Å². The summed E-state index contributed by atoms with van der Waals surface area (Å²) in [4.78, 5) is 0. The van der Waals surface area contributed by atoms with E-state index in [-0.39, 0.29) is 0 Å². The van der Waals surface area contributed by atoms with Gasteiger partial charge in [-0.15, -0.1) is 0 Å². The largest absolute Gasteiger partial charge is 0.384 e. The molecule has 13 heavy (non-hydrogen) atoms. The van der Waals surface area contributed by atoms with Gasteiger partial charge in [-0.05, 0) is 24.3 Å². The molecule has 0 radical (unpaired) electrons. The minimum atomic E-state index is -0.715. The number of hydrogen-bond donors (Lipinski definition) is 1. The highest BCUT2D eigenvalue weighted by Crippen LogP contribution is 2.13. The third-order valence-electron chi connectivity index (χ3n) is 1.56. The first-order valence-corrected chi connectivity index (χ1v) is 6.50. The van der Waals surface area contributed by atoms with E-state index in [9.17, 15) is 4.21 Å². The highest BCUT2D eigenvalue weighted by Gasteiger charge is 1.92. The number of hydrogen-bond acceptors (Lipinski definition) is 2. The second-order valence-corrected chi connectivity index (χ2v) is 5.18. The Labute approximate surface area is 89.3 Å². The molecular weight excluding hydrogens is 250 g/mol. The van der Waals surface area contributed by atoms with Gasteiger partial charge in [0.05, 0.1) is 0 Å². The molecule has 1 unspecified atom stereocenters. The number of nitrogens with one attached hydrogen (secondary N) is 1. The first kappa shape index (κ1) is 10.7. The maximum Gasteiger partial charge on any atom is 0.0405 e. The van der Waals surface area contributed by atoms with Gasteiger partial charge < -0.3 is 5.32 Å². The lowest BCUT2D eigenvalue weighted by Gasteiger charge is -2.04. The Bertz CT molecular complexity index is 286. The summed E-state index contributed by atoms with van der Waals surface area (Å²) in [5, 5.41) is 3.19. The van der Waals surface area contributed by atoms with Gasteiger partial charge >= 0.3 is 0 Å². The Kier molecular flexibility index (Phi) is 4.45. The minimum absolute atomic E-state index is 0.691. The molecule has 0 aliphatic carbocycles. The predicted octanol–water partition coefficient (Wildman–Crippen LogP) is 2.24. The van der Waals surface area contributed by atoms with Crippen LogP contribution in [0.25, 0.3) is 0 Å². The summed E-state index contributed by atoms with van der Waals surface area (Å²) >= 11 is 3.36. The molecule has 0 heterocycles. The van der Waals surface area contributed by atoms with E-state index >= 15 is 0 Å². The molecule has 0 fully saturated rings. The van der Waals surface area contributed by atoms with E-state index in [0.717, 1.165) is 16.7 Å². The lowest BCUT2D eigenvalue weighted by atomic mass is 10.3. The van der Waals surface area contributed by atoms with Crippen molar-refractivity contribution < 1.29 is 4.21 Å². The molecule has 1 N–H and O–H groups in total. The lowest BCUT2D eigenvalue weighted by Crippen LogP contribution is -2.09. The number of anilines is 1. The average molecular weight is 262 g/mol. The Morgan fingerprint density at radius 3 is 2.54 bits per heavy atom. The summed E-state index contributed by atoms with van der Waals surface area (Å²) in [5.74, 6) is 0.691. The molecular formula is C9H12BrNOS. The van der Waals surface area contributed by atoms with Gasteiger partial charge in [-0.3, -0.25) is 4.21 Å². The quantitative estimate of drug-likeness (QED) is 0.901. The SMILES string of the molecule is CS(=O)CCNc1ccc(Br)cc1. The molecule has 1 aromatic carbocycles. The van der Waals surface area contributed by atoms with Crippen molar-refractivity contribution in [2.24, 2.45) is 0 Å². The van der Waals surface area contributed by atoms with Crippen LogP contribution in [0, 0.1) is 0 Å². The fourth-order valence-electron chi connectivity index (χ4n) is 0.907. The number of benzene rings is 1. The zero-order chi connectivity index (χ0) is 9.68. The second-order valence-electron chi connectivity index (χ2n) is 2.71. The maximum atomic E-state index is 10.8. The molecule has 4 heteroatoms. The summed E-state index contributed by atoms with van der Waals surface area (Å²) < 4.78 is 11.8. The summed E-state index contributed by atoms with van der Waals surface area (Å²) in [6.07, 6.45) is 1.71. The van der Waals surface area contributed by atoms with Crippen LogP contribution in [-0.4, -0.2) is 22.8 Å². The summed E-state index contributed by atoms with van der Waals surface area (Å²) in [7, 11) is -0.715. The van der Waals surface area contributed by atoms with Gasteiger partial charge in [-0.2, -0.15) is 0 Å². The van der Waals surface area contributed by atoms with Crippen molar-refractivity contribution in [2.45, 2.75) is 0 Å². The summed E-state index contributed by atoms with van der Waals surface area (Å²) in [5.41, 5.74) is 1.06. The molecule has 0 saturated carbocycles. The fraction of sp³-hybridized carbons (Fsp3) is 0.333. The Balaban J connectivity index is 2.37. The van der Waals surface area contributed by atoms with Crippen LogP contribution in [0.5, 0.6) is 0 Å². The van der Waals surface area contributed by atoms with Crippen LogP contribution in [0.3, 0.4) is 0 Å². The van der Waals surface area contributed by atoms with Gasteiger partial charge in [0.2, 0.25) is 0 Å². The summed E-state index contributed by atoms with van der Waals surface area (Å²) in [6, 6.07) is 7.93. The van der Waals surface area contributed by atoms with Gasteiger partial charge in [0.25, 0.3) is 0 Å². The second kappa shape index (κ2) is 5.40. The standard InChI is InChI=1S/C9H12BrNOS/c1-13(12)7-6-11-9-4-2-8(10)3-5-9/h2-5,11H,6-7H2,1H3. The van der Waals surface area contributed by atoms with E-state index in [0.29, 0.717) is 5.75 Å². The van der Waals surface area contributed by atoms with E-state index in [2.05, 4.69) is 21.2 Å². The van der Waals surface area contributed by atoms with E-state index in [1.54, 1.807) is 6.26 Å². The molecule has 72 valence electrons. The Morgan fingerprint density at radius 2 is 2.00 bits per heavy atom. The molecule has 0 bridgehead atoms. The van der Waals surface area contributed by atoms with Crippen LogP contribution in [-0.2, 0) is 10.8 Å². The van der Waals surface area contributed by atoms with Gasteiger partial charge in [0.15, 0.2) is 0 Å². The van der Waals surface area contributed by atoms with Crippen molar-refractivity contribution >= 4 is 32.4 Å². The van der Waals surface area contributed by atoms with Crippen molar-refractivity contribution in [1.29, 1.82) is 0 Å². The smallest absolute Gasteiger partial charge is 0.0405 e. The third kappa shape index (κ3) is 4.43. The van der Waals surface area contributed by atoms with Crippen LogP contribution in [0.1, 0.15) is 0 Å². The van der Waals surface area contributed by atoms with Gasteiger partial charge in [-0.1, -0.05) is 15.9 Å². The van der Waals surface area contributed by atoms with E-state index in [4.69, 9.17) is 0 Å². The number of halogens is 1. The zero-order valence-corrected chi connectivity index (χ0v) is 9.82. The highest BCUT2D eigenvalue weighted by atomic mass is 79.9. The van der Waals surface area contributed by atoms with E-state index < -0.39 is 10.8 Å². The highest BCUT2D eigenvalue weighted by molar-refractivity contribution is 9.10. The Morgan fingerprint density at radius 1 is 1.38 bits per heavy atom. The minimum Gasteiger partial charge on any atom is -0.384 e. The van der Waals surface area contributed by atoms with Crippen LogP contribution in [0.15, 0.2) is 28.7 Å². The van der Waals surface area contributed by atoms with Crippen molar-refractivity contribution in [3.63, 3.8) is 0 Å². The van der Waals surface area contributed by atoms with Gasteiger partial charge in [0, 0.05) is 39.5 Å². The molecule has 0 aliphatic heterocycles. The third-order valence-corrected chi connectivity index (χ3v) is 2.87. The molecule has 0 aliphatic rings. The molecule has 0 spiro atoms.